The molecular formula is C16H16BrNO3. The predicted molar refractivity (Wildman–Crippen MR) is 86.2 cm³/mol. The van der Waals surface area contributed by atoms with Crippen LogP contribution in [0.5, 0.6) is 5.75 Å². The van der Waals surface area contributed by atoms with Crippen molar-refractivity contribution in [2.24, 2.45) is 0 Å². The van der Waals surface area contributed by atoms with Gasteiger partial charge >= 0.3 is 5.97 Å². The van der Waals surface area contributed by atoms with Crippen LogP contribution in [0.25, 0.3) is 0 Å². The molecule has 0 bridgehead atoms. The highest BCUT2D eigenvalue weighted by atomic mass is 79.9. The molecule has 0 spiro atoms. The Kier molecular flexibility index (Phi) is 4.85. The first-order valence-electron chi connectivity index (χ1n) is 6.38. The van der Waals surface area contributed by atoms with E-state index in [4.69, 9.17) is 4.74 Å². The summed E-state index contributed by atoms with van der Waals surface area (Å²) >= 11 is 3.40. The Hall–Kier alpha value is -2.01. The third kappa shape index (κ3) is 3.76. The standard InChI is InChI=1S/C16H16BrNO3/c1-18(10-11-3-5-12(17)6-4-11)15-9-13(21-2)7-8-14(15)16(19)20/h3-9H,10H2,1-2H3,(H,19,20). The molecule has 0 unspecified atom stereocenters. The Morgan fingerprint density at radius 3 is 2.48 bits per heavy atom. The van der Waals surface area contributed by atoms with E-state index in [1.807, 2.05) is 36.2 Å². The molecule has 0 fully saturated rings. The first-order chi connectivity index (χ1) is 10.0. The van der Waals surface area contributed by atoms with E-state index in [9.17, 15) is 9.90 Å². The van der Waals surface area contributed by atoms with Crippen molar-refractivity contribution in [3.8, 4) is 5.75 Å². The molecule has 21 heavy (non-hydrogen) atoms. The minimum Gasteiger partial charge on any atom is -0.497 e. The smallest absolute Gasteiger partial charge is 0.337 e. The molecule has 1 N–H and O–H groups in total. The molecular weight excluding hydrogens is 334 g/mol. The lowest BCUT2D eigenvalue weighted by atomic mass is 10.1. The van der Waals surface area contributed by atoms with Crippen LogP contribution >= 0.6 is 15.9 Å². The molecule has 0 saturated carbocycles. The van der Waals surface area contributed by atoms with Crippen LogP contribution < -0.4 is 9.64 Å². The molecule has 0 aliphatic rings. The maximum Gasteiger partial charge on any atom is 0.337 e. The fourth-order valence-corrected chi connectivity index (χ4v) is 2.35. The Balaban J connectivity index is 2.30. The largest absolute Gasteiger partial charge is 0.497 e. The van der Waals surface area contributed by atoms with Gasteiger partial charge < -0.3 is 14.7 Å². The number of benzene rings is 2. The van der Waals surface area contributed by atoms with Crippen LogP contribution in [0.4, 0.5) is 5.69 Å². The average molecular weight is 350 g/mol. The molecule has 0 amide bonds. The predicted octanol–water partition coefficient (Wildman–Crippen LogP) is 3.79. The van der Waals surface area contributed by atoms with E-state index in [1.165, 1.54) is 0 Å². The van der Waals surface area contributed by atoms with Crippen molar-refractivity contribution in [2.45, 2.75) is 6.54 Å². The second kappa shape index (κ2) is 6.63. The normalized spacial score (nSPS) is 10.2. The quantitative estimate of drug-likeness (QED) is 0.891. The third-order valence-electron chi connectivity index (χ3n) is 3.18. The summed E-state index contributed by atoms with van der Waals surface area (Å²) in [6.07, 6.45) is 0. The van der Waals surface area contributed by atoms with E-state index in [-0.39, 0.29) is 5.56 Å². The van der Waals surface area contributed by atoms with E-state index in [0.717, 1.165) is 10.0 Å². The van der Waals surface area contributed by atoms with Gasteiger partial charge in [-0.2, -0.15) is 0 Å². The molecule has 0 heterocycles. The zero-order valence-electron chi connectivity index (χ0n) is 11.8. The number of halogens is 1. The topological polar surface area (TPSA) is 49.8 Å². The lowest BCUT2D eigenvalue weighted by molar-refractivity contribution is 0.0697. The van der Waals surface area contributed by atoms with Gasteiger partial charge in [0.2, 0.25) is 0 Å². The molecule has 0 aliphatic carbocycles. The Bertz CT molecular complexity index is 640. The fourth-order valence-electron chi connectivity index (χ4n) is 2.08. The summed E-state index contributed by atoms with van der Waals surface area (Å²) in [5, 5.41) is 9.31. The molecule has 5 heteroatoms. The van der Waals surface area contributed by atoms with E-state index in [1.54, 1.807) is 25.3 Å². The number of carboxylic acid groups (broad SMARTS) is 1. The van der Waals surface area contributed by atoms with Crippen LogP contribution in [0.2, 0.25) is 0 Å². The Morgan fingerprint density at radius 2 is 1.90 bits per heavy atom. The summed E-state index contributed by atoms with van der Waals surface area (Å²) in [4.78, 5) is 13.2. The molecule has 2 aromatic rings. The van der Waals surface area contributed by atoms with Crippen LogP contribution in [-0.4, -0.2) is 25.2 Å². The molecule has 2 aromatic carbocycles. The van der Waals surface area contributed by atoms with Gasteiger partial charge in [-0.15, -0.1) is 0 Å². The highest BCUT2D eigenvalue weighted by Gasteiger charge is 2.15. The highest BCUT2D eigenvalue weighted by molar-refractivity contribution is 9.10. The van der Waals surface area contributed by atoms with Crippen LogP contribution in [0.3, 0.4) is 0 Å². The number of aromatic carboxylic acids is 1. The van der Waals surface area contributed by atoms with Gasteiger partial charge in [-0.3, -0.25) is 0 Å². The van der Waals surface area contributed by atoms with Gasteiger partial charge in [0, 0.05) is 24.1 Å². The van der Waals surface area contributed by atoms with Gasteiger partial charge in [0.25, 0.3) is 0 Å². The fraction of sp³-hybridized carbons (Fsp3) is 0.188. The van der Waals surface area contributed by atoms with Crippen molar-refractivity contribution < 1.29 is 14.6 Å². The summed E-state index contributed by atoms with van der Waals surface area (Å²) in [6.45, 7) is 0.612. The summed E-state index contributed by atoms with van der Waals surface area (Å²) < 4.78 is 6.20. The van der Waals surface area contributed by atoms with Gasteiger partial charge in [0.15, 0.2) is 0 Å². The van der Waals surface area contributed by atoms with Gasteiger partial charge in [-0.1, -0.05) is 28.1 Å². The van der Waals surface area contributed by atoms with Gasteiger partial charge in [0.1, 0.15) is 5.75 Å². The number of carboxylic acids is 1. The van der Waals surface area contributed by atoms with Crippen molar-refractivity contribution in [1.82, 2.24) is 0 Å². The SMILES string of the molecule is COc1ccc(C(=O)O)c(N(C)Cc2ccc(Br)cc2)c1. The number of hydrogen-bond acceptors (Lipinski definition) is 3. The second-order valence-corrected chi connectivity index (χ2v) is 5.59. The number of nitrogens with zero attached hydrogens (tertiary/aromatic N) is 1. The van der Waals surface area contributed by atoms with Crippen LogP contribution in [0.15, 0.2) is 46.9 Å². The minimum absolute atomic E-state index is 0.260. The van der Waals surface area contributed by atoms with Crippen LogP contribution in [0, 0.1) is 0 Å². The molecule has 0 aromatic heterocycles. The summed E-state index contributed by atoms with van der Waals surface area (Å²) in [7, 11) is 3.43. The Morgan fingerprint density at radius 1 is 1.24 bits per heavy atom. The van der Waals surface area contributed by atoms with Crippen molar-refractivity contribution in [1.29, 1.82) is 0 Å². The van der Waals surface area contributed by atoms with Crippen molar-refractivity contribution in [3.05, 3.63) is 58.1 Å². The zero-order valence-corrected chi connectivity index (χ0v) is 13.4. The Labute approximate surface area is 132 Å². The maximum atomic E-state index is 11.3. The van der Waals surface area contributed by atoms with Crippen molar-refractivity contribution in [3.63, 3.8) is 0 Å². The lowest BCUT2D eigenvalue weighted by Gasteiger charge is -2.22. The van der Waals surface area contributed by atoms with Gasteiger partial charge in [0.05, 0.1) is 18.4 Å². The van der Waals surface area contributed by atoms with Crippen molar-refractivity contribution in [2.75, 3.05) is 19.1 Å². The molecule has 0 radical (unpaired) electrons. The zero-order chi connectivity index (χ0) is 15.4. The van der Waals surface area contributed by atoms with Gasteiger partial charge in [-0.05, 0) is 29.8 Å². The number of rotatable bonds is 5. The summed E-state index contributed by atoms with van der Waals surface area (Å²) in [5.74, 6) is -0.312. The van der Waals surface area contributed by atoms with E-state index in [2.05, 4.69) is 15.9 Å². The maximum absolute atomic E-state index is 11.3. The molecule has 2 rings (SSSR count). The van der Waals surface area contributed by atoms with E-state index < -0.39 is 5.97 Å². The van der Waals surface area contributed by atoms with Crippen LogP contribution in [0.1, 0.15) is 15.9 Å². The second-order valence-electron chi connectivity index (χ2n) is 4.67. The molecule has 0 saturated heterocycles. The van der Waals surface area contributed by atoms with Crippen LogP contribution in [-0.2, 0) is 6.54 Å². The monoisotopic (exact) mass is 349 g/mol. The first-order valence-corrected chi connectivity index (χ1v) is 7.17. The number of hydrogen-bond donors (Lipinski definition) is 1. The number of ether oxygens (including phenoxy) is 1. The number of carbonyl (C=O) groups is 1. The van der Waals surface area contributed by atoms with Gasteiger partial charge in [-0.25, -0.2) is 4.79 Å². The van der Waals surface area contributed by atoms with E-state index >= 15 is 0 Å². The molecule has 110 valence electrons. The molecule has 4 nitrogen and oxygen atoms in total. The minimum atomic E-state index is -0.949. The highest BCUT2D eigenvalue weighted by Crippen LogP contribution is 2.27. The first kappa shape index (κ1) is 15.4. The average Bonchev–Trinajstić information content (AvgIpc) is 2.48. The molecule has 0 atom stereocenters. The molecule has 0 aliphatic heterocycles. The summed E-state index contributed by atoms with van der Waals surface area (Å²) in [6, 6.07) is 12.9. The van der Waals surface area contributed by atoms with E-state index in [0.29, 0.717) is 18.0 Å². The number of methoxy groups -OCH3 is 1. The lowest BCUT2D eigenvalue weighted by Crippen LogP contribution is -2.19. The van der Waals surface area contributed by atoms with Crippen molar-refractivity contribution >= 4 is 27.6 Å². The number of anilines is 1. The third-order valence-corrected chi connectivity index (χ3v) is 3.71. The summed E-state index contributed by atoms with van der Waals surface area (Å²) in [5.41, 5.74) is 1.99.